The highest BCUT2D eigenvalue weighted by molar-refractivity contribution is 6.37. The first-order chi connectivity index (χ1) is 12.7. The summed E-state index contributed by atoms with van der Waals surface area (Å²) >= 11 is 11.8. The Hall–Kier alpha value is -3.08. The number of hydrogen-bond donors (Lipinski definition) is 1. The van der Waals surface area contributed by atoms with Gasteiger partial charge < -0.3 is 5.73 Å². The van der Waals surface area contributed by atoms with Crippen LogP contribution in [0.1, 0.15) is 11.3 Å². The molecule has 0 amide bonds. The van der Waals surface area contributed by atoms with Crippen LogP contribution < -0.4 is 5.73 Å². The van der Waals surface area contributed by atoms with E-state index >= 15 is 0 Å². The van der Waals surface area contributed by atoms with E-state index in [1.807, 2.05) is 0 Å². The Morgan fingerprint density at radius 1 is 1.26 bits per heavy atom. The minimum absolute atomic E-state index is 0.0131. The maximum absolute atomic E-state index is 12.8. The minimum atomic E-state index is -4.60. The zero-order chi connectivity index (χ0) is 20.2. The average molecular weight is 414 g/mol. The van der Waals surface area contributed by atoms with Crippen molar-refractivity contribution in [1.82, 2.24) is 15.0 Å². The lowest BCUT2D eigenvalue weighted by atomic mass is 10.2. The standard InChI is InChI=1S/C15H8Cl2F3N7/c16-10-3-8(15(18,19)20)4-11(17)14(10)27-25-7-9(26-27)1-2-24-13(6-22)12(23)5-21/h2-4,7H,1,23H2. The zero-order valence-corrected chi connectivity index (χ0v) is 14.7. The predicted octanol–water partition coefficient (Wildman–Crippen LogP) is 3.42. The Bertz CT molecular complexity index is 987. The minimum Gasteiger partial charge on any atom is -0.388 e. The molecule has 0 aliphatic rings. The molecule has 1 heterocycles. The van der Waals surface area contributed by atoms with Crippen molar-refractivity contribution in [2.75, 3.05) is 0 Å². The van der Waals surface area contributed by atoms with Gasteiger partial charge in [0.05, 0.1) is 27.5 Å². The number of benzene rings is 1. The van der Waals surface area contributed by atoms with Crippen molar-refractivity contribution in [3.05, 3.63) is 51.0 Å². The van der Waals surface area contributed by atoms with Crippen LogP contribution in [0.25, 0.3) is 5.69 Å². The van der Waals surface area contributed by atoms with Crippen molar-refractivity contribution in [2.24, 2.45) is 10.7 Å². The molecule has 12 heteroatoms. The van der Waals surface area contributed by atoms with Crippen LogP contribution >= 0.6 is 23.2 Å². The molecule has 2 N–H and O–H groups in total. The molecule has 1 aromatic heterocycles. The lowest BCUT2D eigenvalue weighted by Gasteiger charge is -2.11. The molecule has 0 bridgehead atoms. The van der Waals surface area contributed by atoms with Gasteiger partial charge in [0.2, 0.25) is 0 Å². The highest BCUT2D eigenvalue weighted by Gasteiger charge is 2.32. The molecule has 7 nitrogen and oxygen atoms in total. The highest BCUT2D eigenvalue weighted by Crippen LogP contribution is 2.37. The number of aliphatic imine (C=N–C) groups is 1. The molecule has 0 saturated heterocycles. The SMILES string of the molecule is N#CC(N)=C(C#N)N=CCc1cnn(-c2c(Cl)cc(C(F)(F)F)cc2Cl)n1. The summed E-state index contributed by atoms with van der Waals surface area (Å²) in [7, 11) is 0. The summed E-state index contributed by atoms with van der Waals surface area (Å²) in [5.74, 6) is 0. The zero-order valence-electron chi connectivity index (χ0n) is 13.2. The van der Waals surface area contributed by atoms with E-state index in [0.717, 1.165) is 16.9 Å². The molecule has 0 fully saturated rings. The first kappa shape index (κ1) is 20.2. The van der Waals surface area contributed by atoms with Crippen molar-refractivity contribution >= 4 is 29.4 Å². The fourth-order valence-electron chi connectivity index (χ4n) is 1.86. The van der Waals surface area contributed by atoms with Gasteiger partial charge in [0.15, 0.2) is 5.70 Å². The molecule has 2 rings (SSSR count). The van der Waals surface area contributed by atoms with Crippen LogP contribution in [0.15, 0.2) is 34.7 Å². The van der Waals surface area contributed by atoms with Gasteiger partial charge in [-0.25, -0.2) is 4.99 Å². The third-order valence-electron chi connectivity index (χ3n) is 3.09. The van der Waals surface area contributed by atoms with Gasteiger partial charge in [0, 0.05) is 12.6 Å². The van der Waals surface area contributed by atoms with E-state index < -0.39 is 11.7 Å². The molecule has 2 aromatic rings. The smallest absolute Gasteiger partial charge is 0.388 e. The normalized spacial score (nSPS) is 12.6. The van der Waals surface area contributed by atoms with Crippen molar-refractivity contribution in [3.63, 3.8) is 0 Å². The molecular weight excluding hydrogens is 406 g/mol. The van der Waals surface area contributed by atoms with Crippen LogP contribution in [0, 0.1) is 22.7 Å². The van der Waals surface area contributed by atoms with Gasteiger partial charge in [0.25, 0.3) is 0 Å². The Labute approximate surface area is 160 Å². The van der Waals surface area contributed by atoms with Gasteiger partial charge in [-0.2, -0.15) is 33.9 Å². The maximum Gasteiger partial charge on any atom is 0.416 e. The summed E-state index contributed by atoms with van der Waals surface area (Å²) in [6.45, 7) is 0. The fraction of sp³-hybridized carbons (Fsp3) is 0.133. The van der Waals surface area contributed by atoms with E-state index in [1.165, 1.54) is 12.4 Å². The first-order valence-electron chi connectivity index (χ1n) is 6.97. The van der Waals surface area contributed by atoms with Gasteiger partial charge in [-0.1, -0.05) is 23.2 Å². The maximum atomic E-state index is 12.8. The van der Waals surface area contributed by atoms with Crippen LogP contribution in [-0.2, 0) is 12.6 Å². The number of allylic oxidation sites excluding steroid dienone is 2. The van der Waals surface area contributed by atoms with E-state index in [-0.39, 0.29) is 33.5 Å². The second-order valence-corrected chi connectivity index (χ2v) is 5.73. The van der Waals surface area contributed by atoms with Crippen LogP contribution in [-0.4, -0.2) is 21.2 Å². The molecule has 0 aliphatic heterocycles. The topological polar surface area (TPSA) is 117 Å². The summed E-state index contributed by atoms with van der Waals surface area (Å²) in [5, 5.41) is 24.9. The van der Waals surface area contributed by atoms with E-state index in [1.54, 1.807) is 12.1 Å². The summed E-state index contributed by atoms with van der Waals surface area (Å²) < 4.78 is 38.3. The molecular formula is C15H8Cl2F3N7. The van der Waals surface area contributed by atoms with Gasteiger partial charge in [-0.15, -0.1) is 4.80 Å². The summed E-state index contributed by atoms with van der Waals surface area (Å²) in [6.07, 6.45) is -1.88. The van der Waals surface area contributed by atoms with Gasteiger partial charge in [-0.3, -0.25) is 0 Å². The van der Waals surface area contributed by atoms with E-state index in [0.29, 0.717) is 5.69 Å². The largest absolute Gasteiger partial charge is 0.416 e. The number of alkyl halides is 3. The van der Waals surface area contributed by atoms with Gasteiger partial charge >= 0.3 is 6.18 Å². The monoisotopic (exact) mass is 413 g/mol. The second kappa shape index (κ2) is 8.08. The molecule has 0 unspecified atom stereocenters. The lowest BCUT2D eigenvalue weighted by molar-refractivity contribution is -0.137. The molecule has 0 atom stereocenters. The number of nitriles is 2. The van der Waals surface area contributed by atoms with Crippen LogP contribution in [0.5, 0.6) is 0 Å². The molecule has 0 aliphatic carbocycles. The number of halogens is 5. The summed E-state index contributed by atoms with van der Waals surface area (Å²) in [4.78, 5) is 4.74. The number of rotatable bonds is 4. The van der Waals surface area contributed by atoms with Crippen molar-refractivity contribution in [2.45, 2.75) is 12.6 Å². The Kier molecular flexibility index (Phi) is 6.05. The number of nitrogens with zero attached hydrogens (tertiary/aromatic N) is 6. The quantitative estimate of drug-likeness (QED) is 0.608. The number of aromatic nitrogens is 3. The third kappa shape index (κ3) is 4.76. The Balaban J connectivity index is 2.27. The van der Waals surface area contributed by atoms with Crippen molar-refractivity contribution in [3.8, 4) is 17.8 Å². The van der Waals surface area contributed by atoms with Crippen LogP contribution in [0.4, 0.5) is 13.2 Å². The van der Waals surface area contributed by atoms with E-state index in [4.69, 9.17) is 39.5 Å². The summed E-state index contributed by atoms with van der Waals surface area (Å²) in [6, 6.07) is 4.71. The molecule has 0 saturated carbocycles. The molecule has 0 radical (unpaired) electrons. The molecule has 1 aromatic carbocycles. The highest BCUT2D eigenvalue weighted by atomic mass is 35.5. The summed E-state index contributed by atoms with van der Waals surface area (Å²) in [5.41, 5.74) is 4.07. The second-order valence-electron chi connectivity index (χ2n) is 4.91. The number of hydrogen-bond acceptors (Lipinski definition) is 6. The lowest BCUT2D eigenvalue weighted by Crippen LogP contribution is -2.08. The van der Waals surface area contributed by atoms with E-state index in [9.17, 15) is 13.2 Å². The van der Waals surface area contributed by atoms with Crippen LogP contribution in [0.2, 0.25) is 10.0 Å². The van der Waals surface area contributed by atoms with Gasteiger partial charge in [-0.05, 0) is 12.1 Å². The average Bonchev–Trinajstić information content (AvgIpc) is 3.05. The third-order valence-corrected chi connectivity index (χ3v) is 3.66. The predicted molar refractivity (Wildman–Crippen MR) is 91.0 cm³/mol. The van der Waals surface area contributed by atoms with E-state index in [2.05, 4.69) is 15.2 Å². The molecule has 138 valence electrons. The van der Waals surface area contributed by atoms with Crippen molar-refractivity contribution in [1.29, 1.82) is 10.5 Å². The van der Waals surface area contributed by atoms with Gasteiger partial charge in [0.1, 0.15) is 23.5 Å². The van der Waals surface area contributed by atoms with Crippen molar-refractivity contribution < 1.29 is 13.2 Å². The molecule has 27 heavy (non-hydrogen) atoms. The Morgan fingerprint density at radius 3 is 2.41 bits per heavy atom. The number of nitrogens with two attached hydrogens (primary N) is 1. The molecule has 0 spiro atoms. The fourth-order valence-corrected chi connectivity index (χ4v) is 2.50. The first-order valence-corrected chi connectivity index (χ1v) is 7.73. The Morgan fingerprint density at radius 2 is 1.89 bits per heavy atom. The van der Waals surface area contributed by atoms with Crippen LogP contribution in [0.3, 0.4) is 0 Å².